The minimum atomic E-state index is 0.754. The van der Waals surface area contributed by atoms with Crippen LogP contribution in [0.15, 0.2) is 16.6 Å². The second-order valence-corrected chi connectivity index (χ2v) is 6.10. The molecule has 1 aliphatic heterocycles. The van der Waals surface area contributed by atoms with Crippen LogP contribution < -0.4 is 14.8 Å². The van der Waals surface area contributed by atoms with Crippen LogP contribution in [-0.2, 0) is 11.3 Å². The number of methoxy groups -OCH3 is 2. The van der Waals surface area contributed by atoms with E-state index in [0.29, 0.717) is 0 Å². The van der Waals surface area contributed by atoms with Crippen molar-refractivity contribution in [2.75, 3.05) is 53.6 Å². The molecular formula is C16H25BrN2O3. The molecule has 1 aromatic carbocycles. The summed E-state index contributed by atoms with van der Waals surface area (Å²) in [6, 6.07) is 3.90. The lowest BCUT2D eigenvalue weighted by atomic mass is 10.2. The molecule has 6 heteroatoms. The summed E-state index contributed by atoms with van der Waals surface area (Å²) in [6.45, 7) is 6.67. The maximum atomic E-state index is 5.48. The van der Waals surface area contributed by atoms with Gasteiger partial charge in [-0.1, -0.05) is 15.9 Å². The van der Waals surface area contributed by atoms with Gasteiger partial charge in [0.1, 0.15) is 0 Å². The first-order valence-electron chi connectivity index (χ1n) is 7.66. The van der Waals surface area contributed by atoms with Crippen LogP contribution in [0.3, 0.4) is 0 Å². The molecule has 5 nitrogen and oxygen atoms in total. The smallest absolute Gasteiger partial charge is 0.166 e. The van der Waals surface area contributed by atoms with Gasteiger partial charge >= 0.3 is 0 Å². The van der Waals surface area contributed by atoms with Gasteiger partial charge in [-0.05, 0) is 31.6 Å². The number of hydrogen-bond acceptors (Lipinski definition) is 5. The van der Waals surface area contributed by atoms with Crippen molar-refractivity contribution in [3.8, 4) is 11.5 Å². The molecule has 0 radical (unpaired) electrons. The Morgan fingerprint density at radius 3 is 2.68 bits per heavy atom. The van der Waals surface area contributed by atoms with E-state index in [9.17, 15) is 0 Å². The lowest BCUT2D eigenvalue weighted by molar-refractivity contribution is 0.0374. The number of nitrogens with zero attached hydrogens (tertiary/aromatic N) is 1. The molecule has 1 fully saturated rings. The maximum absolute atomic E-state index is 5.48. The number of benzene rings is 1. The SMILES string of the molecule is COc1ccc(Br)c(CNCCCN2CCOCC2)c1OC. The predicted molar refractivity (Wildman–Crippen MR) is 90.8 cm³/mol. The number of ether oxygens (including phenoxy) is 3. The average Bonchev–Trinajstić information content (AvgIpc) is 2.56. The van der Waals surface area contributed by atoms with Crippen LogP contribution in [0, 0.1) is 0 Å². The summed E-state index contributed by atoms with van der Waals surface area (Å²) in [5, 5.41) is 3.48. The summed E-state index contributed by atoms with van der Waals surface area (Å²) in [7, 11) is 3.33. The van der Waals surface area contributed by atoms with E-state index in [-0.39, 0.29) is 0 Å². The molecule has 22 heavy (non-hydrogen) atoms. The van der Waals surface area contributed by atoms with Crippen LogP contribution in [-0.4, -0.2) is 58.5 Å². The predicted octanol–water partition coefficient (Wildman–Crippen LogP) is 2.28. The minimum absolute atomic E-state index is 0.754. The first-order chi connectivity index (χ1) is 10.8. The minimum Gasteiger partial charge on any atom is -0.493 e. The Morgan fingerprint density at radius 1 is 1.23 bits per heavy atom. The molecule has 0 unspecified atom stereocenters. The van der Waals surface area contributed by atoms with Crippen molar-refractivity contribution in [2.24, 2.45) is 0 Å². The summed E-state index contributed by atoms with van der Waals surface area (Å²) >= 11 is 3.59. The fourth-order valence-corrected chi connectivity index (χ4v) is 3.05. The van der Waals surface area contributed by atoms with E-state index in [1.54, 1.807) is 14.2 Å². The van der Waals surface area contributed by atoms with E-state index in [1.165, 1.54) is 0 Å². The summed E-state index contributed by atoms with van der Waals surface area (Å²) in [5.74, 6) is 1.55. The van der Waals surface area contributed by atoms with Gasteiger partial charge in [0.2, 0.25) is 0 Å². The fourth-order valence-electron chi connectivity index (χ4n) is 2.60. The Bertz CT molecular complexity index is 465. The lowest BCUT2D eigenvalue weighted by Gasteiger charge is -2.26. The summed E-state index contributed by atoms with van der Waals surface area (Å²) in [5.41, 5.74) is 1.09. The molecule has 1 aromatic rings. The van der Waals surface area contributed by atoms with Gasteiger partial charge in [0.15, 0.2) is 11.5 Å². The van der Waals surface area contributed by atoms with Gasteiger partial charge in [-0.15, -0.1) is 0 Å². The third-order valence-electron chi connectivity index (χ3n) is 3.82. The molecule has 0 amide bonds. The van der Waals surface area contributed by atoms with Crippen LogP contribution in [0.4, 0.5) is 0 Å². The number of halogens is 1. The van der Waals surface area contributed by atoms with Crippen LogP contribution in [0.5, 0.6) is 11.5 Å². The molecule has 0 atom stereocenters. The number of hydrogen-bond donors (Lipinski definition) is 1. The van der Waals surface area contributed by atoms with Gasteiger partial charge in [0.05, 0.1) is 27.4 Å². The Labute approximate surface area is 141 Å². The van der Waals surface area contributed by atoms with E-state index >= 15 is 0 Å². The maximum Gasteiger partial charge on any atom is 0.166 e. The van der Waals surface area contributed by atoms with E-state index in [0.717, 1.165) is 73.9 Å². The standard InChI is InChI=1S/C16H25BrN2O3/c1-20-15-5-4-14(17)13(16(15)21-2)12-18-6-3-7-19-8-10-22-11-9-19/h4-5,18H,3,6-12H2,1-2H3. The van der Waals surface area contributed by atoms with Gasteiger partial charge in [-0.2, -0.15) is 0 Å². The largest absolute Gasteiger partial charge is 0.493 e. The van der Waals surface area contributed by atoms with Crippen molar-refractivity contribution in [1.82, 2.24) is 10.2 Å². The quantitative estimate of drug-likeness (QED) is 0.709. The third kappa shape index (κ3) is 4.84. The van der Waals surface area contributed by atoms with Crippen molar-refractivity contribution in [3.05, 3.63) is 22.2 Å². The molecule has 1 saturated heterocycles. The van der Waals surface area contributed by atoms with Gasteiger partial charge in [-0.25, -0.2) is 0 Å². The first-order valence-corrected chi connectivity index (χ1v) is 8.45. The molecule has 0 bridgehead atoms. The van der Waals surface area contributed by atoms with Crippen molar-refractivity contribution >= 4 is 15.9 Å². The highest BCUT2D eigenvalue weighted by atomic mass is 79.9. The Morgan fingerprint density at radius 2 is 2.00 bits per heavy atom. The third-order valence-corrected chi connectivity index (χ3v) is 4.57. The van der Waals surface area contributed by atoms with Crippen LogP contribution in [0.2, 0.25) is 0 Å². The van der Waals surface area contributed by atoms with Crippen LogP contribution in [0.1, 0.15) is 12.0 Å². The van der Waals surface area contributed by atoms with Gasteiger partial charge in [-0.3, -0.25) is 4.90 Å². The number of morpholine rings is 1. The lowest BCUT2D eigenvalue weighted by Crippen LogP contribution is -2.37. The molecule has 1 aliphatic rings. The van der Waals surface area contributed by atoms with Crippen LogP contribution >= 0.6 is 15.9 Å². The summed E-state index contributed by atoms with van der Waals surface area (Å²) in [6.07, 6.45) is 1.13. The topological polar surface area (TPSA) is 43.0 Å². The zero-order valence-corrected chi connectivity index (χ0v) is 14.9. The van der Waals surface area contributed by atoms with Crippen molar-refractivity contribution in [1.29, 1.82) is 0 Å². The van der Waals surface area contributed by atoms with Crippen LogP contribution in [0.25, 0.3) is 0 Å². The monoisotopic (exact) mass is 372 g/mol. The molecular weight excluding hydrogens is 348 g/mol. The molecule has 2 rings (SSSR count). The van der Waals surface area contributed by atoms with E-state index < -0.39 is 0 Å². The van der Waals surface area contributed by atoms with Gasteiger partial charge in [0.25, 0.3) is 0 Å². The number of rotatable bonds is 8. The molecule has 0 aromatic heterocycles. The fraction of sp³-hybridized carbons (Fsp3) is 0.625. The first kappa shape index (κ1) is 17.5. The highest BCUT2D eigenvalue weighted by Gasteiger charge is 2.13. The Balaban J connectivity index is 1.78. The van der Waals surface area contributed by atoms with Crippen molar-refractivity contribution < 1.29 is 14.2 Å². The van der Waals surface area contributed by atoms with Gasteiger partial charge < -0.3 is 19.5 Å². The zero-order valence-electron chi connectivity index (χ0n) is 13.4. The highest BCUT2D eigenvalue weighted by Crippen LogP contribution is 2.35. The normalized spacial score (nSPS) is 15.8. The summed E-state index contributed by atoms with van der Waals surface area (Å²) in [4.78, 5) is 2.45. The molecule has 0 spiro atoms. The van der Waals surface area contributed by atoms with E-state index in [2.05, 4.69) is 26.1 Å². The second-order valence-electron chi connectivity index (χ2n) is 5.25. The second kappa shape index (κ2) is 9.35. The summed E-state index contributed by atoms with van der Waals surface area (Å²) < 4.78 is 17.2. The molecule has 1 heterocycles. The highest BCUT2D eigenvalue weighted by molar-refractivity contribution is 9.10. The average molecular weight is 373 g/mol. The van der Waals surface area contributed by atoms with E-state index in [4.69, 9.17) is 14.2 Å². The van der Waals surface area contributed by atoms with Crippen molar-refractivity contribution in [3.63, 3.8) is 0 Å². The van der Waals surface area contributed by atoms with Crippen molar-refractivity contribution in [2.45, 2.75) is 13.0 Å². The Kier molecular flexibility index (Phi) is 7.45. The van der Waals surface area contributed by atoms with Gasteiger partial charge in [0, 0.05) is 29.7 Å². The molecule has 0 aliphatic carbocycles. The molecule has 1 N–H and O–H groups in total. The zero-order chi connectivity index (χ0) is 15.8. The number of nitrogens with one attached hydrogen (secondary N) is 1. The van der Waals surface area contributed by atoms with E-state index in [1.807, 2.05) is 12.1 Å². The molecule has 0 saturated carbocycles. The Hall–Kier alpha value is -0.820. The molecule has 124 valence electrons.